The summed E-state index contributed by atoms with van der Waals surface area (Å²) in [6, 6.07) is 0.699. The Kier molecular flexibility index (Phi) is 7.52. The molecule has 0 aromatic rings. The highest BCUT2D eigenvalue weighted by molar-refractivity contribution is 5.82. The Morgan fingerprint density at radius 2 is 1.80 bits per heavy atom. The van der Waals surface area contributed by atoms with E-state index in [1.165, 1.54) is 6.42 Å². The van der Waals surface area contributed by atoms with Gasteiger partial charge in [0.25, 0.3) is 0 Å². The third-order valence-corrected chi connectivity index (χ3v) is 4.59. The monoisotopic (exact) mass is 283 g/mol. The van der Waals surface area contributed by atoms with Crippen LogP contribution in [0.1, 0.15) is 53.9 Å². The van der Waals surface area contributed by atoms with E-state index in [1.54, 1.807) is 0 Å². The minimum Gasteiger partial charge on any atom is -0.336 e. The third kappa shape index (κ3) is 4.74. The summed E-state index contributed by atoms with van der Waals surface area (Å²) >= 11 is 0. The van der Waals surface area contributed by atoms with Gasteiger partial charge in [-0.25, -0.2) is 0 Å². The SMILES string of the molecule is CCN(CC)CCN[C@H](C)C(=O)N1[C@@H](C)CCC[C@@H]1C. The number of amides is 1. The first kappa shape index (κ1) is 17.4. The van der Waals surface area contributed by atoms with Crippen LogP contribution in [0, 0.1) is 0 Å². The number of hydrogen-bond donors (Lipinski definition) is 1. The van der Waals surface area contributed by atoms with E-state index in [0.29, 0.717) is 12.1 Å². The predicted octanol–water partition coefficient (Wildman–Crippen LogP) is 2.10. The molecule has 1 amide bonds. The van der Waals surface area contributed by atoms with Crippen LogP contribution in [-0.4, -0.2) is 60.0 Å². The second kappa shape index (κ2) is 8.63. The van der Waals surface area contributed by atoms with E-state index < -0.39 is 0 Å². The maximum atomic E-state index is 12.6. The van der Waals surface area contributed by atoms with Crippen molar-refractivity contribution in [1.29, 1.82) is 0 Å². The first-order valence-corrected chi connectivity index (χ1v) is 8.29. The van der Waals surface area contributed by atoms with Crippen LogP contribution >= 0.6 is 0 Å². The number of carbonyl (C=O) groups excluding carboxylic acids is 1. The molecule has 1 rings (SSSR count). The Morgan fingerprint density at radius 1 is 1.25 bits per heavy atom. The van der Waals surface area contributed by atoms with E-state index in [4.69, 9.17) is 0 Å². The molecule has 0 saturated carbocycles. The van der Waals surface area contributed by atoms with Crippen LogP contribution in [0.25, 0.3) is 0 Å². The van der Waals surface area contributed by atoms with Gasteiger partial charge in [-0.1, -0.05) is 13.8 Å². The van der Waals surface area contributed by atoms with Crippen LogP contribution < -0.4 is 5.32 Å². The van der Waals surface area contributed by atoms with Gasteiger partial charge in [0.2, 0.25) is 5.91 Å². The molecule has 1 fully saturated rings. The zero-order valence-electron chi connectivity index (χ0n) is 14.0. The highest BCUT2D eigenvalue weighted by Crippen LogP contribution is 2.23. The lowest BCUT2D eigenvalue weighted by molar-refractivity contribution is -0.139. The second-order valence-electron chi connectivity index (χ2n) is 6.08. The summed E-state index contributed by atoms with van der Waals surface area (Å²) < 4.78 is 0. The molecular formula is C16H33N3O. The van der Waals surface area contributed by atoms with E-state index in [2.05, 4.69) is 42.8 Å². The van der Waals surface area contributed by atoms with Gasteiger partial charge in [-0.3, -0.25) is 4.79 Å². The van der Waals surface area contributed by atoms with Gasteiger partial charge in [0.05, 0.1) is 6.04 Å². The molecule has 0 unspecified atom stereocenters. The summed E-state index contributed by atoms with van der Waals surface area (Å²) in [6.07, 6.45) is 3.53. The normalized spacial score (nSPS) is 25.0. The average molecular weight is 283 g/mol. The van der Waals surface area contributed by atoms with Gasteiger partial charge < -0.3 is 15.1 Å². The molecule has 0 aromatic heterocycles. The summed E-state index contributed by atoms with van der Waals surface area (Å²) in [5, 5.41) is 3.39. The van der Waals surface area contributed by atoms with Crippen molar-refractivity contribution >= 4 is 5.91 Å². The van der Waals surface area contributed by atoms with Gasteiger partial charge in [0.15, 0.2) is 0 Å². The van der Waals surface area contributed by atoms with E-state index in [9.17, 15) is 4.79 Å². The van der Waals surface area contributed by atoms with Gasteiger partial charge in [-0.05, 0) is 53.1 Å². The van der Waals surface area contributed by atoms with E-state index >= 15 is 0 Å². The molecular weight excluding hydrogens is 250 g/mol. The first-order valence-electron chi connectivity index (χ1n) is 8.29. The molecule has 0 bridgehead atoms. The van der Waals surface area contributed by atoms with Gasteiger partial charge in [0, 0.05) is 25.2 Å². The predicted molar refractivity (Wildman–Crippen MR) is 84.9 cm³/mol. The topological polar surface area (TPSA) is 35.6 Å². The summed E-state index contributed by atoms with van der Waals surface area (Å²) in [4.78, 5) is 17.1. The molecule has 20 heavy (non-hydrogen) atoms. The first-order chi connectivity index (χ1) is 9.51. The minimum absolute atomic E-state index is 0.0754. The zero-order chi connectivity index (χ0) is 15.1. The number of carbonyl (C=O) groups is 1. The van der Waals surface area contributed by atoms with Crippen molar-refractivity contribution in [3.05, 3.63) is 0 Å². The molecule has 0 aromatic carbocycles. The van der Waals surface area contributed by atoms with E-state index in [-0.39, 0.29) is 11.9 Å². The van der Waals surface area contributed by atoms with Crippen molar-refractivity contribution in [2.75, 3.05) is 26.2 Å². The van der Waals surface area contributed by atoms with Gasteiger partial charge >= 0.3 is 0 Å². The Hall–Kier alpha value is -0.610. The van der Waals surface area contributed by atoms with Crippen molar-refractivity contribution in [2.45, 2.75) is 72.0 Å². The fourth-order valence-electron chi connectivity index (χ4n) is 3.15. The molecule has 4 nitrogen and oxygen atoms in total. The Balaban J connectivity index is 2.41. The number of hydrogen-bond acceptors (Lipinski definition) is 3. The summed E-state index contributed by atoms with van der Waals surface area (Å²) in [6.45, 7) is 14.7. The number of nitrogens with one attached hydrogen (secondary N) is 1. The highest BCUT2D eigenvalue weighted by Gasteiger charge is 2.31. The van der Waals surface area contributed by atoms with Crippen LogP contribution in [0.4, 0.5) is 0 Å². The maximum Gasteiger partial charge on any atom is 0.239 e. The molecule has 1 heterocycles. The number of nitrogens with zero attached hydrogens (tertiary/aromatic N) is 2. The van der Waals surface area contributed by atoms with Gasteiger partial charge in [-0.2, -0.15) is 0 Å². The molecule has 0 radical (unpaired) electrons. The standard InChI is InChI=1S/C16H33N3O/c1-6-18(7-2)12-11-17-15(5)16(20)19-13(3)9-8-10-14(19)4/h13-15,17H,6-12H2,1-5H3/t13-,14-,15+/m0/s1. The quantitative estimate of drug-likeness (QED) is 0.777. The van der Waals surface area contributed by atoms with Crippen molar-refractivity contribution < 1.29 is 4.79 Å². The van der Waals surface area contributed by atoms with Crippen molar-refractivity contribution in [3.8, 4) is 0 Å². The molecule has 118 valence electrons. The van der Waals surface area contributed by atoms with Crippen molar-refractivity contribution in [1.82, 2.24) is 15.1 Å². The largest absolute Gasteiger partial charge is 0.336 e. The van der Waals surface area contributed by atoms with Crippen LogP contribution in [0.15, 0.2) is 0 Å². The van der Waals surface area contributed by atoms with E-state index in [1.807, 2.05) is 6.92 Å². The Bertz CT molecular complexity index is 281. The van der Waals surface area contributed by atoms with Gasteiger partial charge in [0.1, 0.15) is 0 Å². The summed E-state index contributed by atoms with van der Waals surface area (Å²) in [5.74, 6) is 0.268. The lowest BCUT2D eigenvalue weighted by Crippen LogP contribution is -2.54. The molecule has 1 saturated heterocycles. The number of piperidine rings is 1. The minimum atomic E-state index is -0.0754. The molecule has 1 N–H and O–H groups in total. The fourth-order valence-corrected chi connectivity index (χ4v) is 3.15. The number of rotatable bonds is 7. The molecule has 1 aliphatic heterocycles. The number of likely N-dealkylation sites (N-methyl/N-ethyl adjacent to an activating group) is 1. The highest BCUT2D eigenvalue weighted by atomic mass is 16.2. The van der Waals surface area contributed by atoms with Crippen LogP contribution in [0.2, 0.25) is 0 Å². The average Bonchev–Trinajstić information content (AvgIpc) is 2.43. The summed E-state index contributed by atoms with van der Waals surface area (Å²) in [7, 11) is 0. The fraction of sp³-hybridized carbons (Fsp3) is 0.938. The molecule has 0 spiro atoms. The third-order valence-electron chi connectivity index (χ3n) is 4.59. The van der Waals surface area contributed by atoms with Gasteiger partial charge in [-0.15, -0.1) is 0 Å². The Morgan fingerprint density at radius 3 is 2.30 bits per heavy atom. The zero-order valence-corrected chi connectivity index (χ0v) is 14.0. The van der Waals surface area contributed by atoms with Crippen LogP contribution in [0.5, 0.6) is 0 Å². The summed E-state index contributed by atoms with van der Waals surface area (Å²) in [5.41, 5.74) is 0. The molecule has 0 aliphatic carbocycles. The van der Waals surface area contributed by atoms with E-state index in [0.717, 1.165) is 39.0 Å². The smallest absolute Gasteiger partial charge is 0.239 e. The van der Waals surface area contributed by atoms with Crippen molar-refractivity contribution in [3.63, 3.8) is 0 Å². The molecule has 4 heteroatoms. The molecule has 1 aliphatic rings. The lowest BCUT2D eigenvalue weighted by atomic mass is 9.96. The lowest BCUT2D eigenvalue weighted by Gasteiger charge is -2.40. The molecule has 3 atom stereocenters. The maximum absolute atomic E-state index is 12.6. The van der Waals surface area contributed by atoms with Crippen LogP contribution in [-0.2, 0) is 4.79 Å². The van der Waals surface area contributed by atoms with Crippen molar-refractivity contribution in [2.24, 2.45) is 0 Å². The Labute approximate surface area is 124 Å². The van der Waals surface area contributed by atoms with Crippen LogP contribution in [0.3, 0.4) is 0 Å². The second-order valence-corrected chi connectivity index (χ2v) is 6.08. The number of likely N-dealkylation sites (tertiary alicyclic amines) is 1.